The molecule has 5 aliphatic carbocycles. The molecule has 7 bridgehead atoms. The fraction of sp³-hybridized carbons (Fsp3) is 0.750. The SMILES string of the molecule is CCN1C[C@]2(COC)[C@H](O)CC(OC)C34C1C(C(OC)[C@@H]32)[C@H]1C(=O)[C@@H](OC)[C@]2(O)C[C@H]4[C@@H]1[C@H]2OC(=O)c1ccccc1. The number of aliphatic hydroxyl groups excluding tert-OH is 1. The molecule has 6 fully saturated rings. The Labute approximate surface area is 246 Å². The summed E-state index contributed by atoms with van der Waals surface area (Å²) in [5.74, 6) is -2.42. The van der Waals surface area contributed by atoms with E-state index in [1.54, 1.807) is 45.6 Å². The molecule has 0 aromatic heterocycles. The van der Waals surface area contributed by atoms with Crippen molar-refractivity contribution in [2.24, 2.45) is 40.4 Å². The van der Waals surface area contributed by atoms with Crippen molar-refractivity contribution >= 4 is 11.8 Å². The molecule has 6 aliphatic rings. The number of methoxy groups -OCH3 is 4. The molecule has 5 unspecified atom stereocenters. The number of likely N-dealkylation sites (tertiary alicyclic amines) is 1. The van der Waals surface area contributed by atoms with Crippen LogP contribution in [0.1, 0.15) is 30.1 Å². The quantitative estimate of drug-likeness (QED) is 0.430. The van der Waals surface area contributed by atoms with Crippen LogP contribution in [0.5, 0.6) is 0 Å². The lowest BCUT2D eigenvalue weighted by Gasteiger charge is -2.69. The van der Waals surface area contributed by atoms with Crippen LogP contribution in [0.2, 0.25) is 0 Å². The van der Waals surface area contributed by atoms with Crippen LogP contribution in [0.25, 0.3) is 0 Å². The monoisotopic (exact) mass is 585 g/mol. The standard InChI is InChI=1S/C32H43NO9/c1-6-33-14-30(15-38-2)18(34)12-19(39-3)32-17-13-31(37)27(42-29(36)16-10-8-7-9-11-16)20(17)21(23(35)28(31)41-5)22(26(32)33)24(40-4)25(30)32/h7-11,17-22,24-28,34,37H,6,12-15H2,1-5H3/t17-,18+,19?,20-,21-,22?,24?,25+,26?,27+,28+,30-,31-,32?/m0/s1. The molecule has 7 rings (SSSR count). The number of hydrogen-bond donors (Lipinski definition) is 2. The highest BCUT2D eigenvalue weighted by molar-refractivity contribution is 5.92. The predicted molar refractivity (Wildman–Crippen MR) is 148 cm³/mol. The molecule has 1 heterocycles. The number of rotatable bonds is 8. The molecule has 0 radical (unpaired) electrons. The zero-order chi connectivity index (χ0) is 29.8. The number of benzene rings is 1. The summed E-state index contributed by atoms with van der Waals surface area (Å²) in [6, 6.07) is 8.65. The maximum atomic E-state index is 14.5. The number of fused-ring (bicyclic) bond motifs is 2. The number of carbonyl (C=O) groups is 2. The summed E-state index contributed by atoms with van der Waals surface area (Å²) in [5, 5.41) is 24.4. The summed E-state index contributed by atoms with van der Waals surface area (Å²) in [5.41, 5.74) is -2.56. The summed E-state index contributed by atoms with van der Waals surface area (Å²) >= 11 is 0. The Kier molecular flexibility index (Phi) is 6.72. The first-order valence-electron chi connectivity index (χ1n) is 15.2. The Morgan fingerprint density at radius 3 is 2.43 bits per heavy atom. The van der Waals surface area contributed by atoms with Gasteiger partial charge < -0.3 is 33.9 Å². The summed E-state index contributed by atoms with van der Waals surface area (Å²) in [7, 11) is 6.49. The van der Waals surface area contributed by atoms with E-state index in [0.29, 0.717) is 31.7 Å². The van der Waals surface area contributed by atoms with Crippen molar-refractivity contribution in [2.75, 3.05) is 48.1 Å². The number of ether oxygens (including phenoxy) is 5. The van der Waals surface area contributed by atoms with Gasteiger partial charge in [-0.3, -0.25) is 9.69 Å². The molecule has 1 aliphatic heterocycles. The molecule has 1 aromatic rings. The Bertz CT molecular complexity index is 1250. The van der Waals surface area contributed by atoms with Crippen molar-refractivity contribution in [3.8, 4) is 0 Å². The summed E-state index contributed by atoms with van der Waals surface area (Å²) in [6.45, 7) is 3.77. The average Bonchev–Trinajstić information content (AvgIpc) is 3.33. The van der Waals surface area contributed by atoms with Gasteiger partial charge in [-0.05, 0) is 31.0 Å². The number of piperidine rings is 1. The highest BCUT2D eigenvalue weighted by Crippen LogP contribution is 2.78. The topological polar surface area (TPSA) is 124 Å². The summed E-state index contributed by atoms with van der Waals surface area (Å²) in [4.78, 5) is 30.4. The van der Waals surface area contributed by atoms with Gasteiger partial charge >= 0.3 is 5.97 Å². The van der Waals surface area contributed by atoms with Crippen molar-refractivity contribution in [3.63, 3.8) is 0 Å². The predicted octanol–water partition coefficient (Wildman–Crippen LogP) is 1.17. The van der Waals surface area contributed by atoms with E-state index < -0.39 is 52.5 Å². The largest absolute Gasteiger partial charge is 0.455 e. The highest BCUT2D eigenvalue weighted by Gasteiger charge is 2.87. The van der Waals surface area contributed by atoms with Gasteiger partial charge in [-0.1, -0.05) is 25.1 Å². The minimum atomic E-state index is -1.70. The lowest BCUT2D eigenvalue weighted by Crippen LogP contribution is -2.77. The molecule has 14 atom stereocenters. The molecule has 10 heteroatoms. The second-order valence-corrected chi connectivity index (χ2v) is 13.5. The fourth-order valence-electron chi connectivity index (χ4n) is 11.7. The lowest BCUT2D eigenvalue weighted by atomic mass is 9.43. The Hall–Kier alpha value is -1.92. The second-order valence-electron chi connectivity index (χ2n) is 13.5. The lowest BCUT2D eigenvalue weighted by molar-refractivity contribution is -0.280. The van der Waals surface area contributed by atoms with E-state index in [1.807, 2.05) is 6.07 Å². The average molecular weight is 586 g/mol. The van der Waals surface area contributed by atoms with E-state index in [9.17, 15) is 19.8 Å². The highest BCUT2D eigenvalue weighted by atomic mass is 16.6. The first-order valence-corrected chi connectivity index (χ1v) is 15.2. The third-order valence-corrected chi connectivity index (χ3v) is 12.5. The van der Waals surface area contributed by atoms with E-state index in [1.165, 1.54) is 7.11 Å². The molecule has 1 spiro atoms. The Morgan fingerprint density at radius 1 is 1.07 bits per heavy atom. The van der Waals surface area contributed by atoms with Gasteiger partial charge in [0.2, 0.25) is 0 Å². The minimum absolute atomic E-state index is 0.0847. The molecule has 1 saturated heterocycles. The van der Waals surface area contributed by atoms with Crippen LogP contribution in [0.15, 0.2) is 30.3 Å². The van der Waals surface area contributed by atoms with Crippen LogP contribution in [0, 0.1) is 40.4 Å². The molecular formula is C32H43NO9. The number of hydrogen-bond acceptors (Lipinski definition) is 10. The number of carbonyl (C=O) groups excluding carboxylic acids is 2. The van der Waals surface area contributed by atoms with Gasteiger partial charge in [0.05, 0.1) is 30.5 Å². The number of nitrogens with zero attached hydrogens (tertiary/aromatic N) is 1. The Balaban J connectivity index is 1.45. The first kappa shape index (κ1) is 28.8. The van der Waals surface area contributed by atoms with Crippen molar-refractivity contribution in [1.29, 1.82) is 0 Å². The molecule has 2 N–H and O–H groups in total. The van der Waals surface area contributed by atoms with Gasteiger partial charge in [-0.15, -0.1) is 0 Å². The molecule has 1 aromatic carbocycles. The molecule has 5 saturated carbocycles. The van der Waals surface area contributed by atoms with Crippen LogP contribution in [0.3, 0.4) is 0 Å². The van der Waals surface area contributed by atoms with Gasteiger partial charge in [0.25, 0.3) is 0 Å². The van der Waals surface area contributed by atoms with Crippen molar-refractivity contribution < 1.29 is 43.5 Å². The summed E-state index contributed by atoms with van der Waals surface area (Å²) in [6.07, 6.45) is -2.90. The van der Waals surface area contributed by atoms with Crippen molar-refractivity contribution in [3.05, 3.63) is 35.9 Å². The smallest absolute Gasteiger partial charge is 0.338 e. The van der Waals surface area contributed by atoms with Crippen molar-refractivity contribution in [1.82, 2.24) is 4.90 Å². The maximum Gasteiger partial charge on any atom is 0.338 e. The van der Waals surface area contributed by atoms with Gasteiger partial charge in [0.15, 0.2) is 5.78 Å². The van der Waals surface area contributed by atoms with E-state index in [0.717, 1.165) is 0 Å². The van der Waals surface area contributed by atoms with E-state index in [4.69, 9.17) is 23.7 Å². The molecule has 10 nitrogen and oxygen atoms in total. The normalized spacial score (nSPS) is 50.2. The van der Waals surface area contributed by atoms with Gasteiger partial charge in [-0.25, -0.2) is 4.79 Å². The molecular weight excluding hydrogens is 542 g/mol. The number of aliphatic hydroxyl groups is 2. The molecule has 230 valence electrons. The van der Waals surface area contributed by atoms with Gasteiger partial charge in [0, 0.05) is 81.9 Å². The maximum absolute atomic E-state index is 14.5. The van der Waals surface area contributed by atoms with Crippen LogP contribution >= 0.6 is 0 Å². The third-order valence-electron chi connectivity index (χ3n) is 12.5. The number of esters is 1. The molecule has 42 heavy (non-hydrogen) atoms. The first-order chi connectivity index (χ1) is 20.2. The fourth-order valence-corrected chi connectivity index (χ4v) is 11.7. The van der Waals surface area contributed by atoms with Gasteiger partial charge in [-0.2, -0.15) is 0 Å². The van der Waals surface area contributed by atoms with Crippen LogP contribution in [-0.4, -0.2) is 117 Å². The number of ketones is 1. The minimum Gasteiger partial charge on any atom is -0.455 e. The second kappa shape index (κ2) is 9.79. The number of Topliss-reactive ketones (excluding diaryl/α,β-unsaturated/α-hetero) is 1. The van der Waals surface area contributed by atoms with E-state index in [2.05, 4.69) is 11.8 Å². The van der Waals surface area contributed by atoms with Crippen molar-refractivity contribution in [2.45, 2.75) is 61.9 Å². The van der Waals surface area contributed by atoms with Crippen LogP contribution < -0.4 is 0 Å². The molecule has 0 amide bonds. The van der Waals surface area contributed by atoms with E-state index >= 15 is 0 Å². The van der Waals surface area contributed by atoms with Crippen LogP contribution in [0.4, 0.5) is 0 Å². The van der Waals surface area contributed by atoms with E-state index in [-0.39, 0.29) is 48.2 Å². The Morgan fingerprint density at radius 2 is 1.81 bits per heavy atom. The zero-order valence-corrected chi connectivity index (χ0v) is 25.0. The zero-order valence-electron chi connectivity index (χ0n) is 25.0. The summed E-state index contributed by atoms with van der Waals surface area (Å²) < 4.78 is 30.6. The van der Waals surface area contributed by atoms with Gasteiger partial charge in [0.1, 0.15) is 17.8 Å². The van der Waals surface area contributed by atoms with Crippen LogP contribution in [-0.2, 0) is 28.5 Å². The third kappa shape index (κ3) is 3.19.